The van der Waals surface area contributed by atoms with E-state index in [1.54, 1.807) is 10.9 Å². The summed E-state index contributed by atoms with van der Waals surface area (Å²) in [5, 5.41) is 23.7. The Morgan fingerprint density at radius 3 is 2.77 bits per heavy atom. The van der Waals surface area contributed by atoms with Gasteiger partial charge in [-0.15, -0.1) is 0 Å². The van der Waals surface area contributed by atoms with Crippen LogP contribution in [0.2, 0.25) is 0 Å². The zero-order valence-corrected chi connectivity index (χ0v) is 17.9. The smallest absolute Gasteiger partial charge is 0.159 e. The van der Waals surface area contributed by atoms with Crippen molar-refractivity contribution in [3.8, 4) is 6.07 Å². The van der Waals surface area contributed by atoms with E-state index in [2.05, 4.69) is 11.2 Å². The number of hydrogen-bond donors (Lipinski definition) is 1. The number of ketones is 1. The standard InChI is InChI=1S/C24H33N3O3/c1-24(29)7-6-17-16(8-24)2-3-19-18(17)4-5-20-21(19)13-30-14-22(20)23(28)12-27-11-15(9-25)10-26-27/h10-11,16-22,29H,2-8,12-14H2,1H3/t16-,17+,18-,19-,20+,21+,22+,24-/m1/s1. The number of carbonyl (C=O) groups is 1. The highest BCUT2D eigenvalue weighted by Gasteiger charge is 2.52. The van der Waals surface area contributed by atoms with Gasteiger partial charge in [-0.2, -0.15) is 10.4 Å². The Balaban J connectivity index is 1.28. The van der Waals surface area contributed by atoms with Crippen LogP contribution in [0.15, 0.2) is 12.4 Å². The third-order valence-corrected chi connectivity index (χ3v) is 8.85. The first-order chi connectivity index (χ1) is 14.4. The van der Waals surface area contributed by atoms with Gasteiger partial charge in [0.1, 0.15) is 6.07 Å². The molecule has 6 heteroatoms. The number of hydrogen-bond acceptors (Lipinski definition) is 5. The minimum Gasteiger partial charge on any atom is -0.390 e. The molecule has 1 saturated heterocycles. The lowest BCUT2D eigenvalue weighted by atomic mass is 9.51. The molecule has 6 nitrogen and oxygen atoms in total. The molecule has 3 saturated carbocycles. The molecule has 0 spiro atoms. The quantitative estimate of drug-likeness (QED) is 0.825. The van der Waals surface area contributed by atoms with Crippen LogP contribution in [0, 0.1) is 52.8 Å². The van der Waals surface area contributed by atoms with E-state index in [-0.39, 0.29) is 18.2 Å². The monoisotopic (exact) mass is 411 g/mol. The molecule has 30 heavy (non-hydrogen) atoms. The van der Waals surface area contributed by atoms with Crippen molar-refractivity contribution in [3.05, 3.63) is 18.0 Å². The molecule has 4 aliphatic rings. The van der Waals surface area contributed by atoms with E-state index in [0.29, 0.717) is 35.8 Å². The van der Waals surface area contributed by atoms with Crippen LogP contribution in [0.4, 0.5) is 0 Å². The largest absolute Gasteiger partial charge is 0.390 e. The number of carbonyl (C=O) groups excluding carboxylic acids is 1. The molecule has 0 radical (unpaired) electrons. The van der Waals surface area contributed by atoms with Crippen molar-refractivity contribution in [1.82, 2.24) is 9.78 Å². The lowest BCUT2D eigenvalue weighted by Gasteiger charge is -2.56. The van der Waals surface area contributed by atoms with Crippen molar-refractivity contribution in [3.63, 3.8) is 0 Å². The maximum Gasteiger partial charge on any atom is 0.159 e. The summed E-state index contributed by atoms with van der Waals surface area (Å²) >= 11 is 0. The van der Waals surface area contributed by atoms with Gasteiger partial charge in [0.2, 0.25) is 0 Å². The summed E-state index contributed by atoms with van der Waals surface area (Å²) in [6, 6.07) is 2.07. The van der Waals surface area contributed by atoms with E-state index in [1.807, 2.05) is 6.92 Å². The van der Waals surface area contributed by atoms with Gasteiger partial charge in [-0.05, 0) is 87.4 Å². The molecule has 3 aliphatic carbocycles. The maximum absolute atomic E-state index is 13.1. The molecular weight excluding hydrogens is 378 g/mol. The molecule has 0 amide bonds. The van der Waals surface area contributed by atoms with Gasteiger partial charge in [0.05, 0.1) is 30.5 Å². The first-order valence-corrected chi connectivity index (χ1v) is 11.7. The van der Waals surface area contributed by atoms with Crippen molar-refractivity contribution >= 4 is 5.78 Å². The molecule has 4 fully saturated rings. The molecule has 2 heterocycles. The number of aromatic nitrogens is 2. The van der Waals surface area contributed by atoms with Crippen LogP contribution in [0.25, 0.3) is 0 Å². The molecule has 8 atom stereocenters. The van der Waals surface area contributed by atoms with Crippen LogP contribution in [-0.4, -0.2) is 39.5 Å². The summed E-state index contributed by atoms with van der Waals surface area (Å²) in [6.45, 7) is 3.56. The molecular formula is C24H33N3O3. The molecule has 1 N–H and O–H groups in total. The Labute approximate surface area is 178 Å². The Morgan fingerprint density at radius 2 is 1.97 bits per heavy atom. The molecule has 1 aromatic rings. The lowest BCUT2D eigenvalue weighted by Crippen LogP contribution is -2.53. The van der Waals surface area contributed by atoms with Gasteiger partial charge in [0, 0.05) is 18.7 Å². The van der Waals surface area contributed by atoms with Gasteiger partial charge in [0.25, 0.3) is 0 Å². The van der Waals surface area contributed by atoms with Crippen molar-refractivity contribution in [2.24, 2.45) is 41.4 Å². The minimum absolute atomic E-state index is 0.0516. The van der Waals surface area contributed by atoms with Crippen molar-refractivity contribution in [2.75, 3.05) is 13.2 Å². The first-order valence-electron chi connectivity index (χ1n) is 11.7. The second-order valence-electron chi connectivity index (χ2n) is 10.6. The second-order valence-corrected chi connectivity index (χ2v) is 10.6. The van der Waals surface area contributed by atoms with Crippen molar-refractivity contribution in [1.29, 1.82) is 5.26 Å². The van der Waals surface area contributed by atoms with Gasteiger partial charge < -0.3 is 9.84 Å². The fourth-order valence-electron chi connectivity index (χ4n) is 7.54. The number of rotatable bonds is 3. The van der Waals surface area contributed by atoms with Gasteiger partial charge in [-0.1, -0.05) is 0 Å². The zero-order valence-electron chi connectivity index (χ0n) is 17.9. The van der Waals surface area contributed by atoms with Gasteiger partial charge in [-0.25, -0.2) is 0 Å². The Morgan fingerprint density at radius 1 is 1.20 bits per heavy atom. The molecule has 5 rings (SSSR count). The Hall–Kier alpha value is -1.71. The Kier molecular flexibility index (Phi) is 5.23. The van der Waals surface area contributed by atoms with Crippen LogP contribution >= 0.6 is 0 Å². The van der Waals surface area contributed by atoms with E-state index >= 15 is 0 Å². The first kappa shape index (κ1) is 20.2. The average Bonchev–Trinajstić information content (AvgIpc) is 3.19. The van der Waals surface area contributed by atoms with Gasteiger partial charge >= 0.3 is 0 Å². The Bertz CT molecular complexity index is 841. The molecule has 1 aliphatic heterocycles. The van der Waals surface area contributed by atoms with E-state index < -0.39 is 5.60 Å². The number of aliphatic hydroxyl groups is 1. The summed E-state index contributed by atoms with van der Waals surface area (Å²) in [5.74, 6) is 3.87. The summed E-state index contributed by atoms with van der Waals surface area (Å²) in [4.78, 5) is 13.1. The SMILES string of the molecule is C[C@@]1(O)CC[C@H]2[C@H](CC[C@@H]3[C@@H]2CC[C@H]2[C@H]3COC[C@@H]2C(=O)Cn2cc(C#N)cn2)C1. The summed E-state index contributed by atoms with van der Waals surface area (Å²) in [5.41, 5.74) is 0.0125. The number of nitriles is 1. The van der Waals surface area contributed by atoms with E-state index in [4.69, 9.17) is 10.00 Å². The summed E-state index contributed by atoms with van der Waals surface area (Å²) in [6.07, 6.45) is 11.0. The van der Waals surface area contributed by atoms with Crippen LogP contribution in [0.1, 0.15) is 57.4 Å². The highest BCUT2D eigenvalue weighted by atomic mass is 16.5. The third kappa shape index (κ3) is 3.61. The number of ether oxygens (including phenoxy) is 1. The van der Waals surface area contributed by atoms with Gasteiger partial charge in [0.15, 0.2) is 5.78 Å². The zero-order chi connectivity index (χ0) is 20.9. The molecule has 162 valence electrons. The second kappa shape index (κ2) is 7.76. The number of nitrogens with zero attached hydrogens (tertiary/aromatic N) is 3. The predicted molar refractivity (Wildman–Crippen MR) is 110 cm³/mol. The van der Waals surface area contributed by atoms with Crippen molar-refractivity contribution in [2.45, 2.75) is 64.0 Å². The van der Waals surface area contributed by atoms with E-state index in [9.17, 15) is 9.90 Å². The topological polar surface area (TPSA) is 88.1 Å². The van der Waals surface area contributed by atoms with Crippen molar-refractivity contribution < 1.29 is 14.6 Å². The molecule has 0 bridgehead atoms. The minimum atomic E-state index is -0.478. The maximum atomic E-state index is 13.1. The molecule has 0 unspecified atom stereocenters. The fraction of sp³-hybridized carbons (Fsp3) is 0.792. The molecule has 1 aromatic heterocycles. The third-order valence-electron chi connectivity index (χ3n) is 8.85. The normalized spacial score (nSPS) is 43.0. The number of Topliss-reactive ketones (excluding diaryl/α,β-unsaturated/α-hetero) is 1. The van der Waals surface area contributed by atoms with E-state index in [0.717, 1.165) is 44.1 Å². The predicted octanol–water partition coefficient (Wildman–Crippen LogP) is 3.19. The van der Waals surface area contributed by atoms with E-state index in [1.165, 1.54) is 25.5 Å². The summed E-state index contributed by atoms with van der Waals surface area (Å²) < 4.78 is 7.60. The van der Waals surface area contributed by atoms with Crippen LogP contribution in [-0.2, 0) is 16.1 Å². The highest BCUT2D eigenvalue weighted by molar-refractivity contribution is 5.81. The lowest BCUT2D eigenvalue weighted by molar-refractivity contribution is -0.150. The summed E-state index contributed by atoms with van der Waals surface area (Å²) in [7, 11) is 0. The highest BCUT2D eigenvalue weighted by Crippen LogP contribution is 2.57. The van der Waals surface area contributed by atoms with Crippen LogP contribution in [0.5, 0.6) is 0 Å². The van der Waals surface area contributed by atoms with Crippen LogP contribution in [0.3, 0.4) is 0 Å². The molecule has 0 aromatic carbocycles. The fourth-order valence-corrected chi connectivity index (χ4v) is 7.54. The van der Waals surface area contributed by atoms with Gasteiger partial charge in [-0.3, -0.25) is 9.48 Å². The number of fused-ring (bicyclic) bond motifs is 5. The average molecular weight is 412 g/mol. The van der Waals surface area contributed by atoms with Crippen LogP contribution < -0.4 is 0 Å².